The van der Waals surface area contributed by atoms with Gasteiger partial charge in [-0.05, 0) is 24.3 Å². The Bertz CT molecular complexity index is 462. The van der Waals surface area contributed by atoms with Gasteiger partial charge in [-0.25, -0.2) is 4.98 Å². The van der Waals surface area contributed by atoms with E-state index in [1.165, 1.54) is 6.39 Å². The van der Waals surface area contributed by atoms with Gasteiger partial charge >= 0.3 is 0 Å². The molecule has 0 spiro atoms. The molecular formula is C11H10N2O3. The third kappa shape index (κ3) is 2.38. The predicted molar refractivity (Wildman–Crippen MR) is 55.8 cm³/mol. The van der Waals surface area contributed by atoms with Gasteiger partial charge in [-0.15, -0.1) is 0 Å². The first-order valence-electron chi connectivity index (χ1n) is 4.66. The summed E-state index contributed by atoms with van der Waals surface area (Å²) in [4.78, 5) is 14.6. The van der Waals surface area contributed by atoms with Gasteiger partial charge in [0.2, 0.25) is 5.91 Å². The lowest BCUT2D eigenvalue weighted by Gasteiger charge is -2.03. The number of aromatic nitrogens is 1. The minimum Gasteiger partial charge on any atom is -0.486 e. The van der Waals surface area contributed by atoms with Crippen LogP contribution < -0.4 is 10.5 Å². The van der Waals surface area contributed by atoms with Crippen molar-refractivity contribution in [2.24, 2.45) is 5.73 Å². The molecule has 1 amide bonds. The van der Waals surface area contributed by atoms with Gasteiger partial charge in [0.15, 0.2) is 12.2 Å². The lowest BCUT2D eigenvalue weighted by Crippen LogP contribution is -2.10. The first kappa shape index (κ1) is 10.2. The standard InChI is InChI=1S/C11H10N2O3/c12-11(14)8-1-3-9(4-2-8)15-6-10-5-13-7-16-10/h1-5,7H,6H2,(H2,12,14). The van der Waals surface area contributed by atoms with Gasteiger partial charge in [-0.2, -0.15) is 0 Å². The fourth-order valence-electron chi connectivity index (χ4n) is 1.18. The Balaban J connectivity index is 1.98. The fourth-order valence-corrected chi connectivity index (χ4v) is 1.18. The minimum atomic E-state index is -0.457. The van der Waals surface area contributed by atoms with E-state index in [-0.39, 0.29) is 0 Å². The number of nitrogens with zero attached hydrogens (tertiary/aromatic N) is 1. The maximum Gasteiger partial charge on any atom is 0.248 e. The van der Waals surface area contributed by atoms with Crippen LogP contribution in [-0.4, -0.2) is 10.9 Å². The van der Waals surface area contributed by atoms with Crippen LogP contribution in [0.1, 0.15) is 16.1 Å². The van der Waals surface area contributed by atoms with Crippen molar-refractivity contribution in [3.05, 3.63) is 48.2 Å². The second kappa shape index (κ2) is 4.48. The number of hydrogen-bond donors (Lipinski definition) is 1. The molecule has 0 atom stereocenters. The van der Waals surface area contributed by atoms with E-state index in [2.05, 4.69) is 4.98 Å². The van der Waals surface area contributed by atoms with Crippen molar-refractivity contribution < 1.29 is 13.9 Å². The van der Waals surface area contributed by atoms with E-state index in [1.807, 2.05) is 0 Å². The van der Waals surface area contributed by atoms with Crippen molar-refractivity contribution in [1.29, 1.82) is 0 Å². The topological polar surface area (TPSA) is 78.4 Å². The highest BCUT2D eigenvalue weighted by Crippen LogP contribution is 2.13. The molecule has 0 fully saturated rings. The Kier molecular flexibility index (Phi) is 2.86. The molecule has 0 saturated carbocycles. The Morgan fingerprint density at radius 2 is 2.12 bits per heavy atom. The van der Waals surface area contributed by atoms with Crippen molar-refractivity contribution in [3.63, 3.8) is 0 Å². The smallest absolute Gasteiger partial charge is 0.248 e. The number of ether oxygens (including phenoxy) is 1. The van der Waals surface area contributed by atoms with Crippen molar-refractivity contribution in [3.8, 4) is 5.75 Å². The van der Waals surface area contributed by atoms with Crippen LogP contribution in [0.3, 0.4) is 0 Å². The summed E-state index contributed by atoms with van der Waals surface area (Å²) in [6.45, 7) is 0.302. The first-order valence-corrected chi connectivity index (χ1v) is 4.66. The van der Waals surface area contributed by atoms with E-state index in [0.29, 0.717) is 23.7 Å². The van der Waals surface area contributed by atoms with Crippen LogP contribution in [0.5, 0.6) is 5.75 Å². The van der Waals surface area contributed by atoms with Gasteiger partial charge in [0.05, 0.1) is 6.20 Å². The van der Waals surface area contributed by atoms with Gasteiger partial charge in [0, 0.05) is 5.56 Å². The Morgan fingerprint density at radius 3 is 2.69 bits per heavy atom. The Hall–Kier alpha value is -2.30. The third-order valence-corrected chi connectivity index (χ3v) is 2.00. The second-order valence-corrected chi connectivity index (χ2v) is 3.15. The van der Waals surface area contributed by atoms with E-state index in [1.54, 1.807) is 30.5 Å². The normalized spacial score (nSPS) is 10.0. The molecule has 0 unspecified atom stereocenters. The van der Waals surface area contributed by atoms with Gasteiger partial charge in [-0.1, -0.05) is 0 Å². The SMILES string of the molecule is NC(=O)c1ccc(OCc2cnco2)cc1. The quantitative estimate of drug-likeness (QED) is 0.840. The number of carbonyl (C=O) groups is 1. The second-order valence-electron chi connectivity index (χ2n) is 3.15. The average molecular weight is 218 g/mol. The van der Waals surface area contributed by atoms with Gasteiger partial charge < -0.3 is 14.9 Å². The van der Waals surface area contributed by atoms with Crippen molar-refractivity contribution in [1.82, 2.24) is 4.98 Å². The summed E-state index contributed by atoms with van der Waals surface area (Å²) in [6, 6.07) is 6.57. The summed E-state index contributed by atoms with van der Waals surface area (Å²) >= 11 is 0. The molecule has 0 aliphatic rings. The molecule has 0 saturated heterocycles. The number of oxazole rings is 1. The minimum absolute atomic E-state index is 0.302. The lowest BCUT2D eigenvalue weighted by molar-refractivity contribution is 0.1000. The molecule has 5 heteroatoms. The van der Waals surface area contributed by atoms with E-state index >= 15 is 0 Å². The maximum absolute atomic E-state index is 10.8. The molecular weight excluding hydrogens is 208 g/mol. The largest absolute Gasteiger partial charge is 0.486 e. The van der Waals surface area contributed by atoms with Gasteiger partial charge in [-0.3, -0.25) is 4.79 Å². The molecule has 82 valence electrons. The molecule has 16 heavy (non-hydrogen) atoms. The summed E-state index contributed by atoms with van der Waals surface area (Å²) in [5.74, 6) is 0.821. The molecule has 2 N–H and O–H groups in total. The van der Waals surface area contributed by atoms with Crippen LogP contribution in [0.15, 0.2) is 41.3 Å². The zero-order valence-electron chi connectivity index (χ0n) is 8.42. The van der Waals surface area contributed by atoms with E-state index in [4.69, 9.17) is 14.9 Å². The Labute approximate surface area is 91.8 Å². The number of benzene rings is 1. The van der Waals surface area contributed by atoms with Crippen LogP contribution in [0.25, 0.3) is 0 Å². The van der Waals surface area contributed by atoms with Gasteiger partial charge in [0.25, 0.3) is 0 Å². The average Bonchev–Trinajstić information content (AvgIpc) is 2.80. The monoisotopic (exact) mass is 218 g/mol. The molecule has 0 bridgehead atoms. The molecule has 1 heterocycles. The summed E-state index contributed by atoms with van der Waals surface area (Å²) in [6.07, 6.45) is 2.92. The molecule has 2 aromatic rings. The van der Waals surface area contributed by atoms with Crippen molar-refractivity contribution in [2.45, 2.75) is 6.61 Å². The number of carbonyl (C=O) groups excluding carboxylic acids is 1. The fraction of sp³-hybridized carbons (Fsp3) is 0.0909. The first-order chi connectivity index (χ1) is 7.75. The van der Waals surface area contributed by atoms with Crippen LogP contribution in [0, 0.1) is 0 Å². The van der Waals surface area contributed by atoms with E-state index < -0.39 is 5.91 Å². The molecule has 1 aromatic carbocycles. The van der Waals surface area contributed by atoms with Crippen LogP contribution in [0.2, 0.25) is 0 Å². The highest BCUT2D eigenvalue weighted by Gasteiger charge is 2.01. The number of rotatable bonds is 4. The van der Waals surface area contributed by atoms with Crippen molar-refractivity contribution >= 4 is 5.91 Å². The zero-order chi connectivity index (χ0) is 11.4. The maximum atomic E-state index is 10.8. The summed E-state index contributed by atoms with van der Waals surface area (Å²) in [7, 11) is 0. The number of hydrogen-bond acceptors (Lipinski definition) is 4. The number of nitrogens with two attached hydrogens (primary N) is 1. The highest BCUT2D eigenvalue weighted by atomic mass is 16.5. The third-order valence-electron chi connectivity index (χ3n) is 2.00. The summed E-state index contributed by atoms with van der Waals surface area (Å²) in [5.41, 5.74) is 5.56. The van der Waals surface area contributed by atoms with E-state index in [9.17, 15) is 4.79 Å². The van der Waals surface area contributed by atoms with E-state index in [0.717, 1.165) is 0 Å². The van der Waals surface area contributed by atoms with Crippen LogP contribution in [0.4, 0.5) is 0 Å². The van der Waals surface area contributed by atoms with Crippen molar-refractivity contribution in [2.75, 3.05) is 0 Å². The summed E-state index contributed by atoms with van der Waals surface area (Å²) < 4.78 is 10.4. The Morgan fingerprint density at radius 1 is 1.38 bits per heavy atom. The predicted octanol–water partition coefficient (Wildman–Crippen LogP) is 1.35. The molecule has 1 aromatic heterocycles. The lowest BCUT2D eigenvalue weighted by atomic mass is 10.2. The number of primary amides is 1. The van der Waals surface area contributed by atoms with Crippen LogP contribution in [-0.2, 0) is 6.61 Å². The number of amides is 1. The molecule has 0 aliphatic carbocycles. The highest BCUT2D eigenvalue weighted by molar-refractivity contribution is 5.92. The molecule has 0 radical (unpaired) electrons. The molecule has 0 aliphatic heterocycles. The molecule has 5 nitrogen and oxygen atoms in total. The summed E-state index contributed by atoms with van der Waals surface area (Å²) in [5, 5.41) is 0. The zero-order valence-corrected chi connectivity index (χ0v) is 8.42. The van der Waals surface area contributed by atoms with Crippen LogP contribution >= 0.6 is 0 Å². The van der Waals surface area contributed by atoms with Gasteiger partial charge in [0.1, 0.15) is 12.4 Å². The molecule has 2 rings (SSSR count).